The van der Waals surface area contributed by atoms with Gasteiger partial charge in [-0.1, -0.05) is 44.4 Å². The number of halogens is 3. The quantitative estimate of drug-likeness (QED) is 0.493. The monoisotopic (exact) mass is 392 g/mol. The van der Waals surface area contributed by atoms with Gasteiger partial charge >= 0.3 is 0 Å². The molecule has 0 spiro atoms. The highest BCUT2D eigenvalue weighted by molar-refractivity contribution is 5.66. The van der Waals surface area contributed by atoms with E-state index in [-0.39, 0.29) is 28.9 Å². The molecule has 0 radical (unpaired) electrons. The molecule has 2 atom stereocenters. The molecule has 1 saturated heterocycles. The summed E-state index contributed by atoms with van der Waals surface area (Å²) in [6, 6.07) is 7.19. The number of methoxy groups -OCH3 is 1. The molecule has 0 aromatic heterocycles. The van der Waals surface area contributed by atoms with Crippen LogP contribution in [0.25, 0.3) is 11.1 Å². The van der Waals surface area contributed by atoms with Gasteiger partial charge in [0.1, 0.15) is 0 Å². The second-order valence-corrected chi connectivity index (χ2v) is 7.41. The van der Waals surface area contributed by atoms with Gasteiger partial charge in [-0.3, -0.25) is 0 Å². The summed E-state index contributed by atoms with van der Waals surface area (Å²) in [7, 11) is 1.35. The fourth-order valence-electron chi connectivity index (χ4n) is 3.84. The van der Waals surface area contributed by atoms with Crippen molar-refractivity contribution >= 4 is 0 Å². The molecule has 1 aliphatic heterocycles. The maximum atomic E-state index is 14.8. The summed E-state index contributed by atoms with van der Waals surface area (Å²) in [6.07, 6.45) is 6.39. The molecule has 152 valence electrons. The minimum Gasteiger partial charge on any atom is -0.494 e. The summed E-state index contributed by atoms with van der Waals surface area (Å²) in [6.45, 7) is 2.57. The fourth-order valence-corrected chi connectivity index (χ4v) is 3.84. The minimum absolute atomic E-state index is 0.0389. The van der Waals surface area contributed by atoms with E-state index in [4.69, 9.17) is 9.47 Å². The topological polar surface area (TPSA) is 18.5 Å². The Morgan fingerprint density at radius 2 is 1.86 bits per heavy atom. The van der Waals surface area contributed by atoms with E-state index < -0.39 is 17.5 Å². The molecule has 2 aromatic rings. The third-order valence-corrected chi connectivity index (χ3v) is 5.51. The normalized spacial score (nSPS) is 19.6. The van der Waals surface area contributed by atoms with E-state index in [9.17, 15) is 13.2 Å². The van der Waals surface area contributed by atoms with Gasteiger partial charge in [-0.2, -0.15) is 0 Å². The largest absolute Gasteiger partial charge is 0.494 e. The molecule has 0 aliphatic carbocycles. The highest BCUT2D eigenvalue weighted by Gasteiger charge is 2.27. The Morgan fingerprint density at radius 3 is 2.50 bits per heavy atom. The standard InChI is InChI=1S/C23H27F3O2/c1-3-4-5-6-17-9-7-16(14-28-17)19-11-10-18(22(25)23(19)26)15-8-12-21(27-2)20(24)13-15/h8,10-13,16-17H,3-7,9,14H2,1-2H3. The fraction of sp³-hybridized carbons (Fsp3) is 0.478. The van der Waals surface area contributed by atoms with Crippen LogP contribution >= 0.6 is 0 Å². The lowest BCUT2D eigenvalue weighted by Crippen LogP contribution is -2.25. The van der Waals surface area contributed by atoms with E-state index in [0.717, 1.165) is 31.7 Å². The van der Waals surface area contributed by atoms with Crippen LogP contribution in [0.2, 0.25) is 0 Å². The lowest BCUT2D eigenvalue weighted by molar-refractivity contribution is -0.00277. The Bertz CT molecular complexity index is 799. The Balaban J connectivity index is 1.73. The predicted molar refractivity (Wildman–Crippen MR) is 104 cm³/mol. The van der Waals surface area contributed by atoms with Crippen molar-refractivity contribution in [1.82, 2.24) is 0 Å². The zero-order valence-corrected chi connectivity index (χ0v) is 16.4. The summed E-state index contributed by atoms with van der Waals surface area (Å²) in [5, 5.41) is 0. The molecule has 0 saturated carbocycles. The van der Waals surface area contributed by atoms with Gasteiger partial charge in [0.2, 0.25) is 0 Å². The van der Waals surface area contributed by atoms with E-state index in [0.29, 0.717) is 12.2 Å². The number of unbranched alkanes of at least 4 members (excludes halogenated alkanes) is 2. The van der Waals surface area contributed by atoms with Gasteiger partial charge < -0.3 is 9.47 Å². The van der Waals surface area contributed by atoms with Crippen molar-refractivity contribution in [3.8, 4) is 16.9 Å². The zero-order chi connectivity index (χ0) is 20.1. The summed E-state index contributed by atoms with van der Waals surface area (Å²) >= 11 is 0. The first kappa shape index (κ1) is 20.7. The molecule has 1 aliphatic rings. The molecular weight excluding hydrogens is 365 g/mol. The first-order chi connectivity index (χ1) is 13.5. The Kier molecular flexibility index (Phi) is 7.00. The Labute approximate surface area is 164 Å². The van der Waals surface area contributed by atoms with E-state index in [1.54, 1.807) is 6.07 Å². The number of hydrogen-bond acceptors (Lipinski definition) is 2. The van der Waals surface area contributed by atoms with Crippen molar-refractivity contribution in [3.63, 3.8) is 0 Å². The van der Waals surface area contributed by atoms with Crippen LogP contribution in [0.3, 0.4) is 0 Å². The number of hydrogen-bond donors (Lipinski definition) is 0. The average molecular weight is 392 g/mol. The van der Waals surface area contributed by atoms with Gasteiger partial charge in [0.25, 0.3) is 0 Å². The molecule has 1 fully saturated rings. The maximum Gasteiger partial charge on any atom is 0.166 e. The third kappa shape index (κ3) is 4.52. The van der Waals surface area contributed by atoms with Gasteiger partial charge in [-0.15, -0.1) is 0 Å². The summed E-state index contributed by atoms with van der Waals surface area (Å²) in [5.74, 6) is -2.52. The molecular formula is C23H27F3O2. The van der Waals surface area contributed by atoms with Crippen LogP contribution in [-0.4, -0.2) is 19.8 Å². The van der Waals surface area contributed by atoms with Crippen molar-refractivity contribution in [2.24, 2.45) is 0 Å². The molecule has 28 heavy (non-hydrogen) atoms. The molecule has 0 amide bonds. The molecule has 2 unspecified atom stereocenters. The van der Waals surface area contributed by atoms with Crippen LogP contribution in [0.5, 0.6) is 5.75 Å². The Hall–Kier alpha value is -2.01. The van der Waals surface area contributed by atoms with Gasteiger partial charge in [-0.05, 0) is 42.5 Å². The SMILES string of the molecule is CCCCCC1CCC(c2ccc(-c3ccc(OC)c(F)c3)c(F)c2F)CO1. The first-order valence-electron chi connectivity index (χ1n) is 9.98. The molecule has 0 N–H and O–H groups in total. The van der Waals surface area contributed by atoms with Crippen LogP contribution < -0.4 is 4.74 Å². The highest BCUT2D eigenvalue weighted by atomic mass is 19.2. The first-order valence-corrected chi connectivity index (χ1v) is 9.98. The number of benzene rings is 2. The van der Waals surface area contributed by atoms with Crippen molar-refractivity contribution < 1.29 is 22.6 Å². The zero-order valence-electron chi connectivity index (χ0n) is 16.4. The van der Waals surface area contributed by atoms with Crippen LogP contribution in [0.1, 0.15) is 56.9 Å². The lowest BCUT2D eigenvalue weighted by atomic mass is 9.88. The summed E-state index contributed by atoms with van der Waals surface area (Å²) in [5.41, 5.74) is 0.649. The van der Waals surface area contributed by atoms with Crippen molar-refractivity contribution in [1.29, 1.82) is 0 Å². The van der Waals surface area contributed by atoms with Gasteiger partial charge in [0.05, 0.1) is 19.8 Å². The van der Waals surface area contributed by atoms with Gasteiger partial charge in [0.15, 0.2) is 23.2 Å². The molecule has 2 aromatic carbocycles. The molecule has 5 heteroatoms. The van der Waals surface area contributed by atoms with Crippen molar-refractivity contribution in [3.05, 3.63) is 53.3 Å². The second-order valence-electron chi connectivity index (χ2n) is 7.41. The minimum atomic E-state index is -0.952. The van der Waals surface area contributed by atoms with Crippen LogP contribution in [0, 0.1) is 17.5 Å². The van der Waals surface area contributed by atoms with E-state index in [1.807, 2.05) is 0 Å². The summed E-state index contributed by atoms with van der Waals surface area (Å²) in [4.78, 5) is 0. The molecule has 0 bridgehead atoms. The van der Waals surface area contributed by atoms with Crippen LogP contribution in [-0.2, 0) is 4.74 Å². The van der Waals surface area contributed by atoms with Crippen molar-refractivity contribution in [2.45, 2.75) is 57.5 Å². The second kappa shape index (κ2) is 9.46. The summed E-state index contributed by atoms with van der Waals surface area (Å²) < 4.78 is 54.2. The third-order valence-electron chi connectivity index (χ3n) is 5.51. The molecule has 2 nitrogen and oxygen atoms in total. The number of rotatable bonds is 7. The molecule has 1 heterocycles. The number of ether oxygens (including phenoxy) is 2. The molecule has 3 rings (SSSR count). The van der Waals surface area contributed by atoms with E-state index >= 15 is 0 Å². The van der Waals surface area contributed by atoms with Crippen molar-refractivity contribution in [2.75, 3.05) is 13.7 Å². The highest BCUT2D eigenvalue weighted by Crippen LogP contribution is 2.35. The van der Waals surface area contributed by atoms with Gasteiger partial charge in [-0.25, -0.2) is 13.2 Å². The van der Waals surface area contributed by atoms with E-state index in [2.05, 4.69) is 6.92 Å². The van der Waals surface area contributed by atoms with Crippen LogP contribution in [0.15, 0.2) is 30.3 Å². The smallest absolute Gasteiger partial charge is 0.166 e. The Morgan fingerprint density at radius 1 is 1.04 bits per heavy atom. The van der Waals surface area contributed by atoms with Crippen LogP contribution in [0.4, 0.5) is 13.2 Å². The van der Waals surface area contributed by atoms with E-state index in [1.165, 1.54) is 38.2 Å². The maximum absolute atomic E-state index is 14.8. The lowest BCUT2D eigenvalue weighted by Gasteiger charge is -2.29. The predicted octanol–water partition coefficient (Wildman–Crippen LogP) is 6.62. The van der Waals surface area contributed by atoms with Gasteiger partial charge in [0, 0.05) is 11.5 Å². The average Bonchev–Trinajstić information content (AvgIpc) is 2.71.